The van der Waals surface area contributed by atoms with Gasteiger partial charge in [-0.05, 0) is 68.3 Å². The molecule has 0 N–H and O–H groups in total. The Hall–Kier alpha value is -3.32. The normalized spacial score (nSPS) is 16.3. The highest BCUT2D eigenvalue weighted by Gasteiger charge is 2.37. The van der Waals surface area contributed by atoms with Gasteiger partial charge in [-0.15, -0.1) is 0 Å². The molecule has 2 unspecified atom stereocenters. The van der Waals surface area contributed by atoms with Gasteiger partial charge in [0.1, 0.15) is 17.5 Å². The van der Waals surface area contributed by atoms with Crippen molar-refractivity contribution in [2.45, 2.75) is 32.4 Å². The second-order valence-corrected chi connectivity index (χ2v) is 9.89. The highest BCUT2D eigenvalue weighted by molar-refractivity contribution is 7.92. The molecule has 7 heteroatoms. The molecule has 0 bridgehead atoms. The van der Waals surface area contributed by atoms with Gasteiger partial charge >= 0.3 is 0 Å². The summed E-state index contributed by atoms with van der Waals surface area (Å²) in [5.41, 5.74) is 2.35. The number of sulfonamides is 1. The SMILES string of the molecule is CC1Cc2ccccc2N1C(=O)C(C)N(c1ccc(Oc2ccccc2)cc1)S(C)(=O)=O. The molecular weight excluding hydrogens is 424 g/mol. The average Bonchev–Trinajstić information content (AvgIpc) is 3.10. The number of benzene rings is 3. The van der Waals surface area contributed by atoms with Crippen molar-refractivity contribution in [3.8, 4) is 11.5 Å². The lowest BCUT2D eigenvalue weighted by atomic mass is 10.1. The molecule has 1 heterocycles. The van der Waals surface area contributed by atoms with Crippen LogP contribution in [0.3, 0.4) is 0 Å². The summed E-state index contributed by atoms with van der Waals surface area (Å²) >= 11 is 0. The first-order valence-electron chi connectivity index (χ1n) is 10.5. The van der Waals surface area contributed by atoms with Gasteiger partial charge in [-0.3, -0.25) is 9.10 Å². The van der Waals surface area contributed by atoms with E-state index in [-0.39, 0.29) is 11.9 Å². The molecule has 1 amide bonds. The maximum absolute atomic E-state index is 13.5. The van der Waals surface area contributed by atoms with Crippen molar-refractivity contribution in [1.82, 2.24) is 0 Å². The van der Waals surface area contributed by atoms with Crippen LogP contribution in [0.2, 0.25) is 0 Å². The lowest BCUT2D eigenvalue weighted by molar-refractivity contribution is -0.119. The lowest BCUT2D eigenvalue weighted by Crippen LogP contribution is -2.51. The maximum Gasteiger partial charge on any atom is 0.250 e. The van der Waals surface area contributed by atoms with E-state index in [0.717, 1.165) is 23.9 Å². The van der Waals surface area contributed by atoms with Crippen molar-refractivity contribution in [2.75, 3.05) is 15.5 Å². The van der Waals surface area contributed by atoms with Crippen LogP contribution in [-0.4, -0.2) is 32.7 Å². The zero-order valence-corrected chi connectivity index (χ0v) is 19.1. The molecule has 4 rings (SSSR count). The number of para-hydroxylation sites is 2. The monoisotopic (exact) mass is 450 g/mol. The molecule has 2 atom stereocenters. The number of anilines is 2. The highest BCUT2D eigenvalue weighted by Crippen LogP contribution is 2.34. The van der Waals surface area contributed by atoms with Gasteiger partial charge in [-0.1, -0.05) is 36.4 Å². The second-order valence-electron chi connectivity index (χ2n) is 8.03. The first-order chi connectivity index (χ1) is 15.3. The van der Waals surface area contributed by atoms with E-state index in [1.54, 1.807) is 36.1 Å². The van der Waals surface area contributed by atoms with Crippen LogP contribution in [0, 0.1) is 0 Å². The number of hydrogen-bond donors (Lipinski definition) is 0. The van der Waals surface area contributed by atoms with Gasteiger partial charge in [0.15, 0.2) is 0 Å². The predicted molar refractivity (Wildman–Crippen MR) is 127 cm³/mol. The highest BCUT2D eigenvalue weighted by atomic mass is 32.2. The summed E-state index contributed by atoms with van der Waals surface area (Å²) < 4.78 is 32.4. The molecule has 3 aromatic rings. The fourth-order valence-electron chi connectivity index (χ4n) is 4.19. The van der Waals surface area contributed by atoms with Crippen LogP contribution >= 0.6 is 0 Å². The van der Waals surface area contributed by atoms with Crippen molar-refractivity contribution in [3.63, 3.8) is 0 Å². The summed E-state index contributed by atoms with van der Waals surface area (Å²) in [5.74, 6) is 1.01. The number of amides is 1. The van der Waals surface area contributed by atoms with Crippen LogP contribution in [0.1, 0.15) is 19.4 Å². The first-order valence-corrected chi connectivity index (χ1v) is 12.3. The third-order valence-electron chi connectivity index (χ3n) is 5.58. The van der Waals surface area contributed by atoms with Crippen LogP contribution in [0.4, 0.5) is 11.4 Å². The fraction of sp³-hybridized carbons (Fsp3) is 0.240. The van der Waals surface area contributed by atoms with Gasteiger partial charge in [0.05, 0.1) is 11.9 Å². The number of carbonyl (C=O) groups is 1. The fourth-order valence-corrected chi connectivity index (χ4v) is 5.36. The first kappa shape index (κ1) is 21.9. The minimum Gasteiger partial charge on any atom is -0.457 e. The topological polar surface area (TPSA) is 66.9 Å². The second kappa shape index (κ2) is 8.67. The van der Waals surface area contributed by atoms with Crippen LogP contribution in [0.15, 0.2) is 78.9 Å². The third-order valence-corrected chi connectivity index (χ3v) is 6.82. The Morgan fingerprint density at radius 2 is 1.56 bits per heavy atom. The molecule has 3 aromatic carbocycles. The molecule has 6 nitrogen and oxygen atoms in total. The number of nitrogens with zero attached hydrogens (tertiary/aromatic N) is 2. The molecular formula is C25H26N2O4S. The van der Waals surface area contributed by atoms with Crippen LogP contribution < -0.4 is 13.9 Å². The molecule has 0 saturated carbocycles. The molecule has 1 aliphatic heterocycles. The number of carbonyl (C=O) groups excluding carboxylic acids is 1. The summed E-state index contributed by atoms with van der Waals surface area (Å²) in [6.45, 7) is 3.61. The Labute approximate surface area is 189 Å². The number of fused-ring (bicyclic) bond motifs is 1. The predicted octanol–water partition coefficient (Wildman–Crippen LogP) is 4.61. The summed E-state index contributed by atoms with van der Waals surface area (Å²) in [4.78, 5) is 15.2. The number of rotatable bonds is 6. The summed E-state index contributed by atoms with van der Waals surface area (Å²) in [5, 5.41) is 0. The summed E-state index contributed by atoms with van der Waals surface area (Å²) in [6.07, 6.45) is 1.87. The van der Waals surface area contributed by atoms with Gasteiger partial charge in [0, 0.05) is 11.7 Å². The average molecular weight is 451 g/mol. The molecule has 166 valence electrons. The van der Waals surface area contributed by atoms with Crippen molar-refractivity contribution in [1.29, 1.82) is 0 Å². The largest absolute Gasteiger partial charge is 0.457 e. The maximum atomic E-state index is 13.5. The van der Waals surface area contributed by atoms with Crippen LogP contribution in [0.5, 0.6) is 11.5 Å². The zero-order chi connectivity index (χ0) is 22.9. The Bertz CT molecular complexity index is 1210. The lowest BCUT2D eigenvalue weighted by Gasteiger charge is -2.33. The van der Waals surface area contributed by atoms with Gasteiger partial charge in [0.25, 0.3) is 5.91 Å². The van der Waals surface area contributed by atoms with E-state index in [1.165, 1.54) is 4.31 Å². The van der Waals surface area contributed by atoms with Crippen molar-refractivity contribution >= 4 is 27.3 Å². The molecule has 0 aromatic heterocycles. The van der Waals surface area contributed by atoms with Gasteiger partial charge < -0.3 is 9.64 Å². The van der Waals surface area contributed by atoms with E-state index < -0.39 is 16.1 Å². The molecule has 0 fully saturated rings. The summed E-state index contributed by atoms with van der Waals surface area (Å²) in [6, 6.07) is 22.9. The molecule has 0 aliphatic carbocycles. The third kappa shape index (κ3) is 4.34. The Balaban J connectivity index is 1.61. The van der Waals surface area contributed by atoms with Crippen LogP contribution in [-0.2, 0) is 21.2 Å². The number of hydrogen-bond acceptors (Lipinski definition) is 4. The van der Waals surface area contributed by atoms with E-state index in [0.29, 0.717) is 17.2 Å². The van der Waals surface area contributed by atoms with Crippen LogP contribution in [0.25, 0.3) is 0 Å². The summed E-state index contributed by atoms with van der Waals surface area (Å²) in [7, 11) is -3.71. The van der Waals surface area contributed by atoms with Gasteiger partial charge in [-0.25, -0.2) is 8.42 Å². The molecule has 0 saturated heterocycles. The molecule has 32 heavy (non-hydrogen) atoms. The number of ether oxygens (including phenoxy) is 1. The van der Waals surface area contributed by atoms with E-state index in [9.17, 15) is 13.2 Å². The zero-order valence-electron chi connectivity index (χ0n) is 18.3. The van der Waals surface area contributed by atoms with Crippen molar-refractivity contribution in [3.05, 3.63) is 84.4 Å². The van der Waals surface area contributed by atoms with Crippen molar-refractivity contribution < 1.29 is 17.9 Å². The van der Waals surface area contributed by atoms with E-state index >= 15 is 0 Å². The van der Waals surface area contributed by atoms with E-state index in [4.69, 9.17) is 4.74 Å². The smallest absolute Gasteiger partial charge is 0.250 e. The Kier molecular flexibility index (Phi) is 5.93. The van der Waals surface area contributed by atoms with Gasteiger partial charge in [-0.2, -0.15) is 0 Å². The van der Waals surface area contributed by atoms with E-state index in [1.807, 2.05) is 61.5 Å². The van der Waals surface area contributed by atoms with Gasteiger partial charge in [0.2, 0.25) is 10.0 Å². The Morgan fingerprint density at radius 3 is 2.22 bits per heavy atom. The Morgan fingerprint density at radius 1 is 0.969 bits per heavy atom. The standard InChI is InChI=1S/C25H26N2O4S/c1-18-17-20-9-7-8-12-24(20)26(18)25(28)19(2)27(32(3,29)30)21-13-15-23(16-14-21)31-22-10-5-4-6-11-22/h4-16,18-19H,17H2,1-3H3. The molecule has 0 radical (unpaired) electrons. The van der Waals surface area contributed by atoms with Crippen molar-refractivity contribution in [2.24, 2.45) is 0 Å². The minimum atomic E-state index is -3.71. The minimum absolute atomic E-state index is 0.0367. The quantitative estimate of drug-likeness (QED) is 0.550. The van der Waals surface area contributed by atoms with E-state index in [2.05, 4.69) is 0 Å². The molecule has 1 aliphatic rings. The molecule has 0 spiro atoms.